The molecule has 0 aliphatic rings. The van der Waals surface area contributed by atoms with Gasteiger partial charge in [-0.2, -0.15) is 9.07 Å². The van der Waals surface area contributed by atoms with Crippen molar-refractivity contribution in [3.8, 4) is 11.7 Å². The molecule has 0 aliphatic heterocycles. The van der Waals surface area contributed by atoms with Gasteiger partial charge in [0.2, 0.25) is 0 Å². The van der Waals surface area contributed by atoms with Gasteiger partial charge in [-0.25, -0.2) is 4.39 Å². The molecule has 0 spiro atoms. The zero-order valence-electron chi connectivity index (χ0n) is 10.5. The number of hydrogen-bond acceptors (Lipinski definition) is 4. The number of rotatable bonds is 3. The first kappa shape index (κ1) is 12.5. The first-order valence-corrected chi connectivity index (χ1v) is 5.99. The molecule has 0 saturated heterocycles. The van der Waals surface area contributed by atoms with Gasteiger partial charge in [0.1, 0.15) is 5.69 Å². The predicted octanol–water partition coefficient (Wildman–Crippen LogP) is 2.49. The van der Waals surface area contributed by atoms with Crippen molar-refractivity contribution in [3.63, 3.8) is 0 Å². The minimum atomic E-state index is -0.985. The van der Waals surface area contributed by atoms with E-state index in [9.17, 15) is 8.78 Å². The van der Waals surface area contributed by atoms with Crippen LogP contribution in [0.15, 0.2) is 30.5 Å². The first-order chi connectivity index (χ1) is 9.70. The Labute approximate surface area is 112 Å². The number of pyridine rings is 1. The van der Waals surface area contributed by atoms with Crippen molar-refractivity contribution in [1.29, 1.82) is 0 Å². The third-order valence-corrected chi connectivity index (χ3v) is 2.74. The van der Waals surface area contributed by atoms with E-state index >= 15 is 0 Å². The van der Waals surface area contributed by atoms with E-state index in [0.29, 0.717) is 10.9 Å². The quantitative estimate of drug-likeness (QED) is 0.737. The molecule has 0 amide bonds. The average Bonchev–Trinajstić information content (AvgIpc) is 2.80. The number of hydrogen-bond donors (Lipinski definition) is 0. The van der Waals surface area contributed by atoms with E-state index in [0.717, 1.165) is 4.68 Å². The van der Waals surface area contributed by atoms with Crippen molar-refractivity contribution >= 4 is 10.9 Å². The summed E-state index contributed by atoms with van der Waals surface area (Å²) in [5.74, 6) is -0.581. The highest BCUT2D eigenvalue weighted by Gasteiger charge is 2.19. The van der Waals surface area contributed by atoms with Crippen molar-refractivity contribution in [2.45, 2.75) is 6.92 Å². The monoisotopic (exact) mass is 276 g/mol. The molecule has 2 aromatic heterocycles. The first-order valence-electron chi connectivity index (χ1n) is 5.99. The van der Waals surface area contributed by atoms with Crippen molar-refractivity contribution in [1.82, 2.24) is 19.7 Å². The van der Waals surface area contributed by atoms with Gasteiger partial charge in [0.25, 0.3) is 0 Å². The van der Waals surface area contributed by atoms with Crippen molar-refractivity contribution in [2.75, 3.05) is 6.61 Å². The third-order valence-electron chi connectivity index (χ3n) is 2.74. The molecule has 5 nitrogen and oxygen atoms in total. The molecule has 3 aromatic rings. The molecule has 0 unspecified atom stereocenters. The summed E-state index contributed by atoms with van der Waals surface area (Å²) in [5, 5.41) is 4.25. The maximum atomic E-state index is 14.1. The van der Waals surface area contributed by atoms with Gasteiger partial charge in [-0.05, 0) is 25.1 Å². The third kappa shape index (κ3) is 1.97. The number of fused-ring (bicyclic) bond motifs is 1. The fourth-order valence-electron chi connectivity index (χ4n) is 1.95. The number of nitrogens with zero attached hydrogens (tertiary/aromatic N) is 4. The Bertz CT molecular complexity index is 772. The smallest absolute Gasteiger partial charge is 0.330 e. The van der Waals surface area contributed by atoms with Crippen LogP contribution in [0.2, 0.25) is 0 Å². The minimum absolute atomic E-state index is 0.0166. The van der Waals surface area contributed by atoms with Crippen LogP contribution in [0.5, 0.6) is 6.01 Å². The van der Waals surface area contributed by atoms with Gasteiger partial charge < -0.3 is 4.74 Å². The summed E-state index contributed by atoms with van der Waals surface area (Å²) < 4.78 is 33.6. The van der Waals surface area contributed by atoms with E-state index in [-0.39, 0.29) is 18.3 Å². The molecular weight excluding hydrogens is 266 g/mol. The summed E-state index contributed by atoms with van der Waals surface area (Å²) in [4.78, 5) is 7.62. The lowest BCUT2D eigenvalue weighted by atomic mass is 10.2. The number of aromatic nitrogens is 4. The molecule has 0 N–H and O–H groups in total. The zero-order chi connectivity index (χ0) is 14.1. The molecule has 0 bridgehead atoms. The predicted molar refractivity (Wildman–Crippen MR) is 67.7 cm³/mol. The van der Waals surface area contributed by atoms with Gasteiger partial charge in [-0.1, -0.05) is 6.07 Å². The molecular formula is C13H10F2N4O. The van der Waals surface area contributed by atoms with Crippen LogP contribution in [-0.2, 0) is 0 Å². The van der Waals surface area contributed by atoms with Gasteiger partial charge in [-0.15, -0.1) is 10.1 Å². The van der Waals surface area contributed by atoms with Crippen LogP contribution in [0.3, 0.4) is 0 Å². The standard InChI is InChI=1S/C13H10F2N4O/c1-2-20-13-17-12(15)18-19(13)11-9(14)6-5-8-4-3-7-16-10(8)11/h3-7H,2H2,1H3. The molecule has 3 rings (SSSR count). The molecule has 0 atom stereocenters. The van der Waals surface area contributed by atoms with Crippen LogP contribution in [0.25, 0.3) is 16.6 Å². The van der Waals surface area contributed by atoms with E-state index in [1.807, 2.05) is 0 Å². The van der Waals surface area contributed by atoms with E-state index in [1.165, 1.54) is 12.3 Å². The fraction of sp³-hybridized carbons (Fsp3) is 0.154. The Kier molecular flexibility index (Phi) is 3.02. The maximum Gasteiger partial charge on any atom is 0.330 e. The normalized spacial score (nSPS) is 10.9. The highest BCUT2D eigenvalue weighted by molar-refractivity contribution is 5.86. The highest BCUT2D eigenvalue weighted by Crippen LogP contribution is 2.26. The lowest BCUT2D eigenvalue weighted by Gasteiger charge is -2.09. The highest BCUT2D eigenvalue weighted by atomic mass is 19.1. The number of benzene rings is 1. The largest absolute Gasteiger partial charge is 0.464 e. The van der Waals surface area contributed by atoms with Crippen LogP contribution in [0, 0.1) is 11.9 Å². The summed E-state index contributed by atoms with van der Waals surface area (Å²) in [6, 6.07) is 6.26. The molecule has 7 heteroatoms. The van der Waals surface area contributed by atoms with E-state index < -0.39 is 11.9 Å². The fourth-order valence-corrected chi connectivity index (χ4v) is 1.95. The van der Waals surface area contributed by atoms with Crippen molar-refractivity contribution < 1.29 is 13.5 Å². The van der Waals surface area contributed by atoms with Crippen LogP contribution >= 0.6 is 0 Å². The summed E-state index contributed by atoms with van der Waals surface area (Å²) in [6.45, 7) is 1.98. The summed E-state index contributed by atoms with van der Waals surface area (Å²) in [6.07, 6.45) is 0.541. The summed E-state index contributed by atoms with van der Waals surface area (Å²) in [7, 11) is 0. The lowest BCUT2D eigenvalue weighted by molar-refractivity contribution is 0.303. The molecule has 0 radical (unpaired) electrons. The van der Waals surface area contributed by atoms with Crippen molar-refractivity contribution in [2.24, 2.45) is 0 Å². The second-order valence-corrected chi connectivity index (χ2v) is 3.98. The van der Waals surface area contributed by atoms with Gasteiger partial charge >= 0.3 is 12.1 Å². The van der Waals surface area contributed by atoms with E-state index in [4.69, 9.17) is 4.74 Å². The molecule has 102 valence electrons. The Morgan fingerprint density at radius 1 is 1.25 bits per heavy atom. The molecule has 0 saturated carbocycles. The van der Waals surface area contributed by atoms with Crippen molar-refractivity contribution in [3.05, 3.63) is 42.4 Å². The molecule has 2 heterocycles. The Morgan fingerprint density at radius 3 is 2.90 bits per heavy atom. The Morgan fingerprint density at radius 2 is 2.10 bits per heavy atom. The Hall–Kier alpha value is -2.57. The molecule has 0 fully saturated rings. The summed E-state index contributed by atoms with van der Waals surface area (Å²) in [5.41, 5.74) is 0.376. The zero-order valence-corrected chi connectivity index (χ0v) is 10.5. The average molecular weight is 276 g/mol. The Balaban J connectivity index is 2.31. The summed E-state index contributed by atoms with van der Waals surface area (Å²) >= 11 is 0. The van der Waals surface area contributed by atoms with Gasteiger partial charge in [0.15, 0.2) is 5.82 Å². The molecule has 20 heavy (non-hydrogen) atoms. The van der Waals surface area contributed by atoms with Gasteiger partial charge in [0.05, 0.1) is 12.1 Å². The van der Waals surface area contributed by atoms with Crippen LogP contribution in [0.4, 0.5) is 8.78 Å². The SMILES string of the molecule is CCOc1nc(F)nn1-c1c(F)ccc2cccnc12. The topological polar surface area (TPSA) is 52.8 Å². The number of halogens is 2. The van der Waals surface area contributed by atoms with E-state index in [2.05, 4.69) is 15.1 Å². The lowest BCUT2D eigenvalue weighted by Crippen LogP contribution is -2.06. The minimum Gasteiger partial charge on any atom is -0.464 e. The maximum absolute atomic E-state index is 14.1. The second-order valence-electron chi connectivity index (χ2n) is 3.98. The van der Waals surface area contributed by atoms with Crippen LogP contribution < -0.4 is 4.74 Å². The van der Waals surface area contributed by atoms with Crippen LogP contribution in [0.1, 0.15) is 6.92 Å². The van der Waals surface area contributed by atoms with Gasteiger partial charge in [0, 0.05) is 11.6 Å². The van der Waals surface area contributed by atoms with Crippen LogP contribution in [-0.4, -0.2) is 26.4 Å². The van der Waals surface area contributed by atoms with E-state index in [1.54, 1.807) is 25.1 Å². The van der Waals surface area contributed by atoms with Gasteiger partial charge in [-0.3, -0.25) is 4.98 Å². The molecule has 1 aromatic carbocycles. The molecule has 0 aliphatic carbocycles. The second kappa shape index (κ2) is 4.84. The number of ether oxygens (including phenoxy) is 1.